The minimum atomic E-state index is 0.305. The number of benzene rings is 2. The zero-order valence-corrected chi connectivity index (χ0v) is 12.9. The molecule has 3 nitrogen and oxygen atoms in total. The minimum Gasteiger partial charge on any atom is -0.508 e. The highest BCUT2D eigenvalue weighted by molar-refractivity contribution is 5.42. The number of phenolic OH excluding ortho intramolecular Hbond substituents is 2. The highest BCUT2D eigenvalue weighted by Crippen LogP contribution is 2.24. The Kier molecular flexibility index (Phi) is 4.86. The van der Waals surface area contributed by atoms with E-state index in [2.05, 4.69) is 11.8 Å². The number of phenols is 2. The fraction of sp³-hybridized carbons (Fsp3) is 0.333. The zero-order valence-electron chi connectivity index (χ0n) is 12.9. The van der Waals surface area contributed by atoms with Gasteiger partial charge in [-0.2, -0.15) is 0 Å². The van der Waals surface area contributed by atoms with Crippen molar-refractivity contribution in [2.24, 2.45) is 0 Å². The molecule has 0 saturated carbocycles. The maximum absolute atomic E-state index is 9.85. The Bertz CT molecular complexity index is 599. The molecule has 0 bridgehead atoms. The summed E-state index contributed by atoms with van der Waals surface area (Å²) in [6.07, 6.45) is 0. The SMILES string of the molecule is CCN(Cc1cccc(O)c1)Cc1cc(C)c(O)c(C)c1. The lowest BCUT2D eigenvalue weighted by atomic mass is 10.1. The largest absolute Gasteiger partial charge is 0.508 e. The molecule has 0 heterocycles. The first-order valence-corrected chi connectivity index (χ1v) is 7.29. The van der Waals surface area contributed by atoms with Crippen molar-refractivity contribution in [3.8, 4) is 11.5 Å². The second-order valence-electron chi connectivity index (χ2n) is 5.55. The van der Waals surface area contributed by atoms with Crippen LogP contribution in [-0.2, 0) is 13.1 Å². The van der Waals surface area contributed by atoms with Crippen molar-refractivity contribution in [2.45, 2.75) is 33.9 Å². The van der Waals surface area contributed by atoms with E-state index < -0.39 is 0 Å². The standard InChI is InChI=1S/C18H23NO2/c1-4-19(11-15-6-5-7-17(20)10-15)12-16-8-13(2)18(21)14(3)9-16/h5-10,20-21H,4,11-12H2,1-3H3. The molecule has 21 heavy (non-hydrogen) atoms. The topological polar surface area (TPSA) is 43.7 Å². The normalized spacial score (nSPS) is 11.0. The van der Waals surface area contributed by atoms with E-state index in [-0.39, 0.29) is 0 Å². The van der Waals surface area contributed by atoms with E-state index in [9.17, 15) is 10.2 Å². The number of hydrogen-bond acceptors (Lipinski definition) is 3. The van der Waals surface area contributed by atoms with Gasteiger partial charge in [-0.15, -0.1) is 0 Å². The van der Waals surface area contributed by atoms with Gasteiger partial charge in [0.05, 0.1) is 0 Å². The number of aromatic hydroxyl groups is 2. The van der Waals surface area contributed by atoms with Crippen molar-refractivity contribution in [3.05, 3.63) is 58.7 Å². The Hall–Kier alpha value is -2.00. The fourth-order valence-electron chi connectivity index (χ4n) is 2.59. The number of nitrogens with zero attached hydrogens (tertiary/aromatic N) is 1. The molecule has 0 aromatic heterocycles. The quantitative estimate of drug-likeness (QED) is 0.879. The van der Waals surface area contributed by atoms with Gasteiger partial charge in [-0.25, -0.2) is 0 Å². The molecule has 0 spiro atoms. The van der Waals surface area contributed by atoms with Crippen molar-refractivity contribution < 1.29 is 10.2 Å². The summed E-state index contributed by atoms with van der Waals surface area (Å²) in [6.45, 7) is 8.53. The molecular weight excluding hydrogens is 262 g/mol. The molecular formula is C18H23NO2. The second kappa shape index (κ2) is 6.64. The molecule has 0 radical (unpaired) electrons. The van der Waals surface area contributed by atoms with E-state index in [1.807, 2.05) is 38.1 Å². The molecule has 0 amide bonds. The van der Waals surface area contributed by atoms with E-state index in [1.165, 1.54) is 5.56 Å². The van der Waals surface area contributed by atoms with Crippen molar-refractivity contribution in [3.63, 3.8) is 0 Å². The van der Waals surface area contributed by atoms with Crippen LogP contribution >= 0.6 is 0 Å². The smallest absolute Gasteiger partial charge is 0.121 e. The van der Waals surface area contributed by atoms with Gasteiger partial charge < -0.3 is 10.2 Å². The highest BCUT2D eigenvalue weighted by atomic mass is 16.3. The molecule has 0 fully saturated rings. The molecule has 2 rings (SSSR count). The van der Waals surface area contributed by atoms with Crippen LogP contribution in [0.5, 0.6) is 11.5 Å². The second-order valence-corrected chi connectivity index (χ2v) is 5.55. The third-order valence-corrected chi connectivity index (χ3v) is 3.72. The summed E-state index contributed by atoms with van der Waals surface area (Å²) >= 11 is 0. The Morgan fingerprint density at radius 2 is 1.52 bits per heavy atom. The van der Waals surface area contributed by atoms with Gasteiger partial charge in [0.15, 0.2) is 0 Å². The molecule has 0 unspecified atom stereocenters. The Balaban J connectivity index is 2.12. The number of hydrogen-bond donors (Lipinski definition) is 2. The molecule has 0 aliphatic carbocycles. The summed E-state index contributed by atoms with van der Waals surface area (Å²) in [6, 6.07) is 11.5. The number of aryl methyl sites for hydroxylation is 2. The van der Waals surface area contributed by atoms with Crippen molar-refractivity contribution in [1.82, 2.24) is 4.90 Å². The van der Waals surface area contributed by atoms with E-state index >= 15 is 0 Å². The van der Waals surface area contributed by atoms with Crippen LogP contribution in [-0.4, -0.2) is 21.7 Å². The van der Waals surface area contributed by atoms with Crippen LogP contribution in [0.4, 0.5) is 0 Å². The van der Waals surface area contributed by atoms with Gasteiger partial charge >= 0.3 is 0 Å². The van der Waals surface area contributed by atoms with Crippen LogP contribution in [0.3, 0.4) is 0 Å². The predicted octanol–water partition coefficient (Wildman–Crippen LogP) is 3.74. The Morgan fingerprint density at radius 1 is 0.905 bits per heavy atom. The van der Waals surface area contributed by atoms with Crippen LogP contribution in [0.1, 0.15) is 29.2 Å². The van der Waals surface area contributed by atoms with Crippen LogP contribution in [0, 0.1) is 13.8 Å². The summed E-state index contributed by atoms with van der Waals surface area (Å²) in [5.41, 5.74) is 4.13. The summed E-state index contributed by atoms with van der Waals surface area (Å²) in [5.74, 6) is 0.689. The highest BCUT2D eigenvalue weighted by Gasteiger charge is 2.08. The van der Waals surface area contributed by atoms with Crippen molar-refractivity contribution in [1.29, 1.82) is 0 Å². The lowest BCUT2D eigenvalue weighted by Crippen LogP contribution is -2.22. The monoisotopic (exact) mass is 285 g/mol. The maximum Gasteiger partial charge on any atom is 0.121 e. The first-order chi connectivity index (χ1) is 9.99. The molecule has 112 valence electrons. The first-order valence-electron chi connectivity index (χ1n) is 7.29. The summed E-state index contributed by atoms with van der Waals surface area (Å²) in [4.78, 5) is 2.31. The minimum absolute atomic E-state index is 0.305. The fourth-order valence-corrected chi connectivity index (χ4v) is 2.59. The van der Waals surface area contributed by atoms with Crippen LogP contribution < -0.4 is 0 Å². The van der Waals surface area contributed by atoms with E-state index in [4.69, 9.17) is 0 Å². The Morgan fingerprint density at radius 3 is 2.10 bits per heavy atom. The summed E-state index contributed by atoms with van der Waals surface area (Å²) < 4.78 is 0. The van der Waals surface area contributed by atoms with Gasteiger partial charge in [0.2, 0.25) is 0 Å². The third-order valence-electron chi connectivity index (χ3n) is 3.72. The van der Waals surface area contributed by atoms with Gasteiger partial charge in [-0.05, 0) is 54.8 Å². The van der Waals surface area contributed by atoms with Gasteiger partial charge in [-0.3, -0.25) is 4.90 Å². The molecule has 0 atom stereocenters. The predicted molar refractivity (Wildman–Crippen MR) is 85.5 cm³/mol. The number of rotatable bonds is 5. The summed E-state index contributed by atoms with van der Waals surface area (Å²) in [5, 5.41) is 19.4. The van der Waals surface area contributed by atoms with Crippen molar-refractivity contribution >= 4 is 0 Å². The van der Waals surface area contributed by atoms with E-state index in [0.717, 1.165) is 36.3 Å². The Labute approximate surface area is 126 Å². The van der Waals surface area contributed by atoms with Crippen LogP contribution in [0.25, 0.3) is 0 Å². The molecule has 2 N–H and O–H groups in total. The van der Waals surface area contributed by atoms with E-state index in [1.54, 1.807) is 12.1 Å². The van der Waals surface area contributed by atoms with E-state index in [0.29, 0.717) is 11.5 Å². The van der Waals surface area contributed by atoms with Crippen LogP contribution in [0.15, 0.2) is 36.4 Å². The molecule has 3 heteroatoms. The van der Waals surface area contributed by atoms with Crippen LogP contribution in [0.2, 0.25) is 0 Å². The first kappa shape index (κ1) is 15.4. The van der Waals surface area contributed by atoms with Gasteiger partial charge in [-0.1, -0.05) is 31.2 Å². The molecule has 0 saturated heterocycles. The molecule has 0 aliphatic rings. The lowest BCUT2D eigenvalue weighted by Gasteiger charge is -2.21. The molecule has 2 aromatic rings. The van der Waals surface area contributed by atoms with Gasteiger partial charge in [0, 0.05) is 13.1 Å². The maximum atomic E-state index is 9.85. The zero-order chi connectivity index (χ0) is 15.4. The van der Waals surface area contributed by atoms with Gasteiger partial charge in [0.1, 0.15) is 11.5 Å². The van der Waals surface area contributed by atoms with Crippen molar-refractivity contribution in [2.75, 3.05) is 6.54 Å². The third kappa shape index (κ3) is 3.99. The average molecular weight is 285 g/mol. The lowest BCUT2D eigenvalue weighted by molar-refractivity contribution is 0.271. The molecule has 0 aliphatic heterocycles. The molecule has 2 aromatic carbocycles. The average Bonchev–Trinajstić information content (AvgIpc) is 2.44. The van der Waals surface area contributed by atoms with Gasteiger partial charge in [0.25, 0.3) is 0 Å². The summed E-state index contributed by atoms with van der Waals surface area (Å²) in [7, 11) is 0.